The fourth-order valence-corrected chi connectivity index (χ4v) is 1.11. The molecule has 0 aliphatic rings. The smallest absolute Gasteiger partial charge is 0.328 e. The van der Waals surface area contributed by atoms with Gasteiger partial charge in [-0.05, 0) is 0 Å². The summed E-state index contributed by atoms with van der Waals surface area (Å²) in [6.07, 6.45) is 0. The standard InChI is InChI=1S/C10H16N4O4/c1-10(2,3)9-12-6(13-14-9)7(16)11-5(4-15)8(17)18/h5,15H,4H2,1-3H3,(H,11,16)(H,17,18)(H,12,13,14)/t5-/m1/s1. The fraction of sp³-hybridized carbons (Fsp3) is 0.600. The van der Waals surface area contributed by atoms with Gasteiger partial charge < -0.3 is 15.5 Å². The first kappa shape index (κ1) is 14.1. The van der Waals surface area contributed by atoms with Crippen molar-refractivity contribution in [1.82, 2.24) is 20.5 Å². The molecule has 8 nitrogen and oxygen atoms in total. The number of amides is 1. The minimum Gasteiger partial charge on any atom is -0.480 e. The maximum Gasteiger partial charge on any atom is 0.328 e. The molecule has 18 heavy (non-hydrogen) atoms. The average molecular weight is 256 g/mol. The van der Waals surface area contributed by atoms with Crippen molar-refractivity contribution in [1.29, 1.82) is 0 Å². The van der Waals surface area contributed by atoms with Gasteiger partial charge in [-0.1, -0.05) is 20.8 Å². The van der Waals surface area contributed by atoms with Crippen LogP contribution in [0.25, 0.3) is 0 Å². The van der Waals surface area contributed by atoms with Gasteiger partial charge in [0.2, 0.25) is 5.82 Å². The maximum absolute atomic E-state index is 11.6. The first-order valence-corrected chi connectivity index (χ1v) is 5.33. The zero-order chi connectivity index (χ0) is 13.9. The summed E-state index contributed by atoms with van der Waals surface area (Å²) in [7, 11) is 0. The molecule has 4 N–H and O–H groups in total. The van der Waals surface area contributed by atoms with E-state index in [-0.39, 0.29) is 11.2 Å². The highest BCUT2D eigenvalue weighted by atomic mass is 16.4. The van der Waals surface area contributed by atoms with Gasteiger partial charge in [0.25, 0.3) is 5.91 Å². The van der Waals surface area contributed by atoms with Crippen LogP contribution in [0, 0.1) is 0 Å². The molecule has 100 valence electrons. The number of carbonyl (C=O) groups excluding carboxylic acids is 1. The number of aromatic amines is 1. The molecule has 1 rings (SSSR count). The predicted molar refractivity (Wildman–Crippen MR) is 61.1 cm³/mol. The summed E-state index contributed by atoms with van der Waals surface area (Å²) in [5.41, 5.74) is -0.297. The van der Waals surface area contributed by atoms with E-state index in [1.54, 1.807) is 0 Å². The topological polar surface area (TPSA) is 128 Å². The molecule has 0 radical (unpaired) electrons. The van der Waals surface area contributed by atoms with Gasteiger partial charge in [-0.2, -0.15) is 0 Å². The first-order valence-electron chi connectivity index (χ1n) is 5.33. The molecule has 0 saturated heterocycles. The Bertz CT molecular complexity index is 449. The number of aromatic nitrogens is 3. The van der Waals surface area contributed by atoms with Gasteiger partial charge in [0.05, 0.1) is 6.61 Å². The van der Waals surface area contributed by atoms with Crippen molar-refractivity contribution in [2.45, 2.75) is 32.2 Å². The molecule has 8 heteroatoms. The third-order valence-corrected chi connectivity index (χ3v) is 2.18. The Labute approximate surface area is 103 Å². The van der Waals surface area contributed by atoms with Crippen molar-refractivity contribution in [2.24, 2.45) is 0 Å². The number of aliphatic hydroxyl groups excluding tert-OH is 1. The normalized spacial score (nSPS) is 13.1. The average Bonchev–Trinajstić information content (AvgIpc) is 2.73. The Morgan fingerprint density at radius 1 is 1.44 bits per heavy atom. The summed E-state index contributed by atoms with van der Waals surface area (Å²) in [6.45, 7) is 4.98. The van der Waals surface area contributed by atoms with Crippen LogP contribution in [0.4, 0.5) is 0 Å². The second-order valence-corrected chi connectivity index (χ2v) is 4.80. The van der Waals surface area contributed by atoms with Crippen LogP contribution in [0.2, 0.25) is 0 Å². The second-order valence-electron chi connectivity index (χ2n) is 4.80. The molecule has 0 aromatic carbocycles. The lowest BCUT2D eigenvalue weighted by atomic mass is 9.96. The summed E-state index contributed by atoms with van der Waals surface area (Å²) in [5, 5.41) is 25.9. The van der Waals surface area contributed by atoms with E-state index in [9.17, 15) is 9.59 Å². The van der Waals surface area contributed by atoms with E-state index in [0.29, 0.717) is 5.82 Å². The predicted octanol–water partition coefficient (Wildman–Crippen LogP) is -0.722. The zero-order valence-corrected chi connectivity index (χ0v) is 10.4. The van der Waals surface area contributed by atoms with Crippen molar-refractivity contribution in [2.75, 3.05) is 6.61 Å². The lowest BCUT2D eigenvalue weighted by molar-refractivity contribution is -0.140. The molecule has 1 aromatic heterocycles. The van der Waals surface area contributed by atoms with Crippen LogP contribution in [0.1, 0.15) is 37.2 Å². The fourth-order valence-electron chi connectivity index (χ4n) is 1.11. The zero-order valence-electron chi connectivity index (χ0n) is 10.4. The number of carboxylic acid groups (broad SMARTS) is 1. The Morgan fingerprint density at radius 2 is 2.06 bits per heavy atom. The van der Waals surface area contributed by atoms with E-state index in [1.807, 2.05) is 20.8 Å². The molecule has 0 unspecified atom stereocenters. The molecule has 0 spiro atoms. The summed E-state index contributed by atoms with van der Waals surface area (Å²) in [4.78, 5) is 26.2. The van der Waals surface area contributed by atoms with Crippen LogP contribution in [0.3, 0.4) is 0 Å². The number of aliphatic carboxylic acids is 1. The third-order valence-electron chi connectivity index (χ3n) is 2.18. The highest BCUT2D eigenvalue weighted by Gasteiger charge is 2.24. The minimum absolute atomic E-state index is 0.153. The van der Waals surface area contributed by atoms with Gasteiger partial charge >= 0.3 is 5.97 Å². The van der Waals surface area contributed by atoms with E-state index in [2.05, 4.69) is 20.5 Å². The number of carbonyl (C=O) groups is 2. The van der Waals surface area contributed by atoms with Gasteiger partial charge in [-0.15, -0.1) is 5.10 Å². The lowest BCUT2D eigenvalue weighted by Crippen LogP contribution is -2.43. The molecule has 0 bridgehead atoms. The number of hydrogen-bond acceptors (Lipinski definition) is 5. The van der Waals surface area contributed by atoms with Gasteiger partial charge in [-0.25, -0.2) is 9.78 Å². The molecular weight excluding hydrogens is 240 g/mol. The Hall–Kier alpha value is -1.96. The largest absolute Gasteiger partial charge is 0.480 e. The molecule has 0 aliphatic carbocycles. The Balaban J connectivity index is 2.79. The summed E-state index contributed by atoms with van der Waals surface area (Å²) in [5.74, 6) is -1.70. The van der Waals surface area contributed by atoms with Crippen molar-refractivity contribution < 1.29 is 19.8 Å². The van der Waals surface area contributed by atoms with Crippen molar-refractivity contribution >= 4 is 11.9 Å². The van der Waals surface area contributed by atoms with Crippen molar-refractivity contribution in [3.63, 3.8) is 0 Å². The van der Waals surface area contributed by atoms with E-state index in [4.69, 9.17) is 10.2 Å². The lowest BCUT2D eigenvalue weighted by Gasteiger charge is -2.13. The highest BCUT2D eigenvalue weighted by molar-refractivity contribution is 5.93. The van der Waals surface area contributed by atoms with Gasteiger partial charge in [-0.3, -0.25) is 9.89 Å². The van der Waals surface area contributed by atoms with Crippen molar-refractivity contribution in [3.05, 3.63) is 11.6 Å². The van der Waals surface area contributed by atoms with E-state index >= 15 is 0 Å². The van der Waals surface area contributed by atoms with E-state index in [0.717, 1.165) is 0 Å². The molecule has 1 atom stereocenters. The SMILES string of the molecule is CC(C)(C)c1nc(C(=O)N[C@H](CO)C(=O)O)n[nH]1. The Kier molecular flexibility index (Phi) is 4.02. The number of H-pyrrole nitrogens is 1. The quantitative estimate of drug-likeness (QED) is 0.562. The van der Waals surface area contributed by atoms with Crippen LogP contribution >= 0.6 is 0 Å². The van der Waals surface area contributed by atoms with Crippen molar-refractivity contribution in [3.8, 4) is 0 Å². The van der Waals surface area contributed by atoms with Crippen LogP contribution in [-0.4, -0.2) is 49.9 Å². The molecule has 1 heterocycles. The van der Waals surface area contributed by atoms with Crippen LogP contribution in [0.5, 0.6) is 0 Å². The molecule has 0 saturated carbocycles. The second kappa shape index (κ2) is 5.13. The third kappa shape index (κ3) is 3.27. The summed E-state index contributed by atoms with van der Waals surface area (Å²) >= 11 is 0. The summed E-state index contributed by atoms with van der Waals surface area (Å²) in [6, 6.07) is -1.37. The number of carboxylic acids is 1. The molecule has 0 fully saturated rings. The molecular formula is C10H16N4O4. The number of nitrogens with zero attached hydrogens (tertiary/aromatic N) is 2. The number of nitrogens with one attached hydrogen (secondary N) is 2. The number of hydrogen-bond donors (Lipinski definition) is 4. The van der Waals surface area contributed by atoms with Crippen LogP contribution in [-0.2, 0) is 10.2 Å². The maximum atomic E-state index is 11.6. The molecule has 0 aliphatic heterocycles. The monoisotopic (exact) mass is 256 g/mol. The summed E-state index contributed by atoms with van der Waals surface area (Å²) < 4.78 is 0. The number of rotatable bonds is 4. The highest BCUT2D eigenvalue weighted by Crippen LogP contribution is 2.17. The van der Waals surface area contributed by atoms with E-state index < -0.39 is 24.5 Å². The van der Waals surface area contributed by atoms with Gasteiger partial charge in [0.1, 0.15) is 5.82 Å². The van der Waals surface area contributed by atoms with Crippen LogP contribution < -0.4 is 5.32 Å². The van der Waals surface area contributed by atoms with Gasteiger partial charge in [0, 0.05) is 5.41 Å². The Morgan fingerprint density at radius 3 is 2.44 bits per heavy atom. The van der Waals surface area contributed by atoms with Crippen LogP contribution in [0.15, 0.2) is 0 Å². The first-order chi connectivity index (χ1) is 8.25. The van der Waals surface area contributed by atoms with Gasteiger partial charge in [0.15, 0.2) is 6.04 Å². The molecule has 1 amide bonds. The minimum atomic E-state index is -1.37. The molecule has 1 aromatic rings. The van der Waals surface area contributed by atoms with E-state index in [1.165, 1.54) is 0 Å². The number of aliphatic hydroxyl groups is 1.